The topological polar surface area (TPSA) is 77.0 Å². The number of nitrogens with two attached hydrogens (primary N) is 1. The van der Waals surface area contributed by atoms with Gasteiger partial charge in [0.05, 0.1) is 18.4 Å². The van der Waals surface area contributed by atoms with Crippen LogP contribution in [-0.4, -0.2) is 27.9 Å². The minimum absolute atomic E-state index is 0.0851. The van der Waals surface area contributed by atoms with Gasteiger partial charge in [-0.05, 0) is 18.8 Å². The molecule has 2 N–H and O–H groups in total. The van der Waals surface area contributed by atoms with Crippen molar-refractivity contribution in [1.29, 1.82) is 0 Å². The molecule has 3 rings (SSSR count). The summed E-state index contributed by atoms with van der Waals surface area (Å²) >= 11 is 1.38. The van der Waals surface area contributed by atoms with Crippen molar-refractivity contribution < 1.29 is 0 Å². The molecule has 6 nitrogen and oxygen atoms in total. The fraction of sp³-hybridized carbons (Fsp3) is 0.500. The lowest BCUT2D eigenvalue weighted by molar-refractivity contribution is 0.437. The highest BCUT2D eigenvalue weighted by Gasteiger charge is 2.17. The van der Waals surface area contributed by atoms with Gasteiger partial charge in [-0.1, -0.05) is 6.92 Å². The monoisotopic (exact) mass is 305 g/mol. The van der Waals surface area contributed by atoms with Gasteiger partial charge in [0.2, 0.25) is 0 Å². The van der Waals surface area contributed by atoms with Crippen LogP contribution in [0.5, 0.6) is 0 Å². The van der Waals surface area contributed by atoms with Gasteiger partial charge in [0, 0.05) is 30.2 Å². The van der Waals surface area contributed by atoms with Gasteiger partial charge in [0.15, 0.2) is 5.13 Å². The molecule has 1 saturated heterocycles. The molecule has 0 unspecified atom stereocenters. The van der Waals surface area contributed by atoms with Gasteiger partial charge in [-0.3, -0.25) is 4.79 Å². The quantitative estimate of drug-likeness (QED) is 0.931. The highest BCUT2D eigenvalue weighted by molar-refractivity contribution is 7.15. The Kier molecular flexibility index (Phi) is 3.92. The Morgan fingerprint density at radius 3 is 2.76 bits per heavy atom. The van der Waals surface area contributed by atoms with Crippen molar-refractivity contribution in [3.63, 3.8) is 0 Å². The first-order valence-corrected chi connectivity index (χ1v) is 7.96. The van der Waals surface area contributed by atoms with Crippen LogP contribution < -0.4 is 16.2 Å². The van der Waals surface area contributed by atoms with E-state index >= 15 is 0 Å². The third-order valence-electron chi connectivity index (χ3n) is 3.88. The average Bonchev–Trinajstić information content (AvgIpc) is 2.87. The molecule has 3 heterocycles. The molecule has 0 spiro atoms. The second-order valence-corrected chi connectivity index (χ2v) is 6.69. The summed E-state index contributed by atoms with van der Waals surface area (Å²) < 4.78 is 1.45. The summed E-state index contributed by atoms with van der Waals surface area (Å²) in [7, 11) is 0. The van der Waals surface area contributed by atoms with Crippen LogP contribution in [0.15, 0.2) is 23.3 Å². The predicted octanol–water partition coefficient (Wildman–Crippen LogP) is 1.57. The van der Waals surface area contributed by atoms with E-state index in [1.54, 1.807) is 18.5 Å². The molecule has 2 aromatic heterocycles. The largest absolute Gasteiger partial charge is 0.375 e. The molecule has 2 aromatic rings. The summed E-state index contributed by atoms with van der Waals surface area (Å²) in [6.07, 6.45) is 5.81. The molecule has 112 valence electrons. The molecule has 1 aliphatic rings. The predicted molar refractivity (Wildman–Crippen MR) is 84.7 cm³/mol. The lowest BCUT2D eigenvalue weighted by atomic mass is 9.99. The number of hydrogen-bond acceptors (Lipinski definition) is 6. The van der Waals surface area contributed by atoms with Crippen LogP contribution >= 0.6 is 11.3 Å². The number of rotatable bonds is 3. The van der Waals surface area contributed by atoms with Crippen molar-refractivity contribution in [3.8, 4) is 0 Å². The second kappa shape index (κ2) is 5.85. The van der Waals surface area contributed by atoms with Gasteiger partial charge >= 0.3 is 0 Å². The van der Waals surface area contributed by atoms with E-state index in [4.69, 9.17) is 5.73 Å². The lowest BCUT2D eigenvalue weighted by Crippen LogP contribution is -2.34. The molecule has 1 aliphatic heterocycles. The number of piperidine rings is 1. The third kappa shape index (κ3) is 3.24. The van der Waals surface area contributed by atoms with E-state index in [1.165, 1.54) is 28.9 Å². The summed E-state index contributed by atoms with van der Waals surface area (Å²) in [4.78, 5) is 19.3. The maximum absolute atomic E-state index is 12.2. The zero-order valence-electron chi connectivity index (χ0n) is 12.0. The van der Waals surface area contributed by atoms with E-state index in [0.29, 0.717) is 11.7 Å². The Morgan fingerprint density at radius 1 is 1.38 bits per heavy atom. The van der Waals surface area contributed by atoms with E-state index in [1.807, 2.05) is 0 Å². The summed E-state index contributed by atoms with van der Waals surface area (Å²) in [5.74, 6) is 0.770. The van der Waals surface area contributed by atoms with E-state index in [2.05, 4.69) is 21.9 Å². The van der Waals surface area contributed by atoms with E-state index in [-0.39, 0.29) is 5.56 Å². The molecule has 0 aliphatic carbocycles. The Labute approximate surface area is 127 Å². The Hall–Kier alpha value is -1.89. The van der Waals surface area contributed by atoms with Crippen molar-refractivity contribution in [2.45, 2.75) is 26.3 Å². The lowest BCUT2D eigenvalue weighted by Gasteiger charge is -2.31. The van der Waals surface area contributed by atoms with Crippen molar-refractivity contribution in [2.75, 3.05) is 23.7 Å². The van der Waals surface area contributed by atoms with Crippen molar-refractivity contribution in [3.05, 3.63) is 33.7 Å². The molecule has 0 atom stereocenters. The number of nitrogens with zero attached hydrogens (tertiary/aromatic N) is 4. The van der Waals surface area contributed by atoms with Gasteiger partial charge in [0.1, 0.15) is 0 Å². The smallest absolute Gasteiger partial charge is 0.269 e. The van der Waals surface area contributed by atoms with Gasteiger partial charge in [-0.2, -0.15) is 5.10 Å². The molecule has 7 heteroatoms. The maximum atomic E-state index is 12.2. The molecular formula is C14H19N5OS. The summed E-state index contributed by atoms with van der Waals surface area (Å²) in [5.41, 5.74) is 6.43. The normalized spacial score (nSPS) is 16.3. The highest BCUT2D eigenvalue weighted by Crippen LogP contribution is 2.21. The molecule has 0 amide bonds. The molecule has 0 aromatic carbocycles. The van der Waals surface area contributed by atoms with E-state index < -0.39 is 0 Å². The van der Waals surface area contributed by atoms with Gasteiger partial charge in [0.25, 0.3) is 5.56 Å². The SMILES string of the molecule is CC1CCN(c2cnn(Cc3cnc(N)s3)c(=O)c2)CC1. The molecule has 0 saturated carbocycles. The first-order valence-electron chi connectivity index (χ1n) is 7.14. The van der Waals surface area contributed by atoms with Gasteiger partial charge in [-0.15, -0.1) is 11.3 Å². The second-order valence-electron chi connectivity index (χ2n) is 5.54. The van der Waals surface area contributed by atoms with Crippen molar-refractivity contribution >= 4 is 22.2 Å². The number of hydrogen-bond donors (Lipinski definition) is 1. The van der Waals surface area contributed by atoms with Crippen LogP contribution in [-0.2, 0) is 6.54 Å². The van der Waals surface area contributed by atoms with Crippen molar-refractivity contribution in [1.82, 2.24) is 14.8 Å². The highest BCUT2D eigenvalue weighted by atomic mass is 32.1. The Balaban J connectivity index is 1.75. The zero-order valence-corrected chi connectivity index (χ0v) is 12.8. The number of thiazole rings is 1. The molecule has 0 bridgehead atoms. The maximum Gasteiger partial charge on any atom is 0.269 e. The molecular weight excluding hydrogens is 286 g/mol. The van der Waals surface area contributed by atoms with Crippen LogP contribution in [0.25, 0.3) is 0 Å². The van der Waals surface area contributed by atoms with Crippen molar-refractivity contribution in [2.24, 2.45) is 5.92 Å². The molecule has 21 heavy (non-hydrogen) atoms. The Bertz CT molecular complexity index is 672. The zero-order chi connectivity index (χ0) is 14.8. The third-order valence-corrected chi connectivity index (χ3v) is 4.69. The number of anilines is 2. The Morgan fingerprint density at radius 2 is 2.14 bits per heavy atom. The van der Waals surface area contributed by atoms with Crippen LogP contribution in [0.3, 0.4) is 0 Å². The number of aromatic nitrogens is 3. The van der Waals surface area contributed by atoms with E-state index in [9.17, 15) is 4.79 Å². The van der Waals surface area contributed by atoms with Gasteiger partial charge < -0.3 is 10.6 Å². The first kappa shape index (κ1) is 14.1. The summed E-state index contributed by atoms with van der Waals surface area (Å²) in [6.45, 7) is 4.69. The van der Waals surface area contributed by atoms with Crippen LogP contribution in [0.2, 0.25) is 0 Å². The first-order chi connectivity index (χ1) is 10.1. The minimum atomic E-state index is -0.0851. The van der Waals surface area contributed by atoms with E-state index in [0.717, 1.165) is 29.6 Å². The minimum Gasteiger partial charge on any atom is -0.375 e. The summed E-state index contributed by atoms with van der Waals surface area (Å²) in [6, 6.07) is 1.67. The molecule has 1 fully saturated rings. The summed E-state index contributed by atoms with van der Waals surface area (Å²) in [5, 5.41) is 4.79. The van der Waals surface area contributed by atoms with Crippen LogP contribution in [0, 0.1) is 5.92 Å². The number of nitrogen functional groups attached to an aromatic ring is 1. The standard InChI is InChI=1S/C14H19N5OS/c1-10-2-4-18(5-3-10)11-6-13(20)19(17-7-11)9-12-8-16-14(15)21-12/h6-8,10H,2-5,9H2,1H3,(H2,15,16). The fourth-order valence-electron chi connectivity index (χ4n) is 2.53. The van der Waals surface area contributed by atoms with Crippen LogP contribution in [0.4, 0.5) is 10.8 Å². The van der Waals surface area contributed by atoms with Gasteiger partial charge in [-0.25, -0.2) is 9.67 Å². The van der Waals surface area contributed by atoms with Crippen LogP contribution in [0.1, 0.15) is 24.6 Å². The fourth-order valence-corrected chi connectivity index (χ4v) is 3.19. The molecule has 0 radical (unpaired) electrons. The average molecular weight is 305 g/mol.